The van der Waals surface area contributed by atoms with E-state index in [1.54, 1.807) is 0 Å². The van der Waals surface area contributed by atoms with Gasteiger partial charge in [0.2, 0.25) is 0 Å². The lowest BCUT2D eigenvalue weighted by Crippen LogP contribution is -2.00. The lowest BCUT2D eigenvalue weighted by Gasteiger charge is -2.11. The molecule has 0 aliphatic rings. The summed E-state index contributed by atoms with van der Waals surface area (Å²) in [6.07, 6.45) is 4.54. The van der Waals surface area contributed by atoms with E-state index in [-0.39, 0.29) is 0 Å². The second kappa shape index (κ2) is 5.22. The van der Waals surface area contributed by atoms with Crippen LogP contribution in [0.3, 0.4) is 0 Å². The van der Waals surface area contributed by atoms with E-state index in [9.17, 15) is 0 Å². The summed E-state index contributed by atoms with van der Waals surface area (Å²) < 4.78 is 0. The van der Waals surface area contributed by atoms with Crippen molar-refractivity contribution >= 4 is 0 Å². The van der Waals surface area contributed by atoms with Gasteiger partial charge in [-0.25, -0.2) is 0 Å². The minimum Gasteiger partial charge on any atom is -0.403 e. The Bertz CT molecular complexity index is 121. The molecule has 1 atom stereocenters. The van der Waals surface area contributed by atoms with Crippen LogP contribution in [-0.2, 0) is 0 Å². The Morgan fingerprint density at radius 1 is 1.36 bits per heavy atom. The Balaban J connectivity index is 3.53. The van der Waals surface area contributed by atoms with Crippen LogP contribution in [-0.4, -0.2) is 0 Å². The molecule has 2 N–H and O–H groups in total. The van der Waals surface area contributed by atoms with Gasteiger partial charge in [0.05, 0.1) is 0 Å². The number of nitrogens with two attached hydrogens (primary N) is 1. The van der Waals surface area contributed by atoms with Gasteiger partial charge in [0.25, 0.3) is 0 Å². The lowest BCUT2D eigenvalue weighted by atomic mass is 9.96. The lowest BCUT2D eigenvalue weighted by molar-refractivity contribution is 0.442. The van der Waals surface area contributed by atoms with E-state index >= 15 is 0 Å². The molecule has 0 aliphatic carbocycles. The maximum Gasteiger partial charge on any atom is 0.000843 e. The first-order chi connectivity index (χ1) is 5.02. The van der Waals surface area contributed by atoms with Crippen molar-refractivity contribution in [3.63, 3.8) is 0 Å². The predicted octanol–water partition coefficient (Wildman–Crippen LogP) is 2.92. The first kappa shape index (κ1) is 10.5. The van der Waals surface area contributed by atoms with Crippen molar-refractivity contribution in [2.45, 2.75) is 40.5 Å². The van der Waals surface area contributed by atoms with E-state index in [1.165, 1.54) is 6.42 Å². The summed E-state index contributed by atoms with van der Waals surface area (Å²) in [7, 11) is 0. The molecule has 0 heterocycles. The van der Waals surface area contributed by atoms with E-state index in [1.807, 2.05) is 6.92 Å². The molecule has 0 rings (SSSR count). The number of hydrogen-bond donors (Lipinski definition) is 1. The summed E-state index contributed by atoms with van der Waals surface area (Å²) in [5.74, 6) is 1.57. The van der Waals surface area contributed by atoms with Gasteiger partial charge in [-0.15, -0.1) is 0 Å². The number of rotatable bonds is 4. The molecule has 1 heteroatoms. The summed E-state index contributed by atoms with van der Waals surface area (Å²) in [6, 6.07) is 0. The SMILES string of the molecule is C/C(N)=C\CC(C)CC(C)C. The molecule has 0 bridgehead atoms. The average molecular weight is 155 g/mol. The van der Waals surface area contributed by atoms with Crippen LogP contribution >= 0.6 is 0 Å². The van der Waals surface area contributed by atoms with Crippen LogP contribution < -0.4 is 5.73 Å². The first-order valence-corrected chi connectivity index (χ1v) is 4.44. The molecule has 11 heavy (non-hydrogen) atoms. The average Bonchev–Trinajstić information content (AvgIpc) is 1.82. The Morgan fingerprint density at radius 2 is 1.91 bits per heavy atom. The quantitative estimate of drug-likeness (QED) is 0.663. The van der Waals surface area contributed by atoms with Crippen LogP contribution in [0.25, 0.3) is 0 Å². The molecule has 0 fully saturated rings. The Hall–Kier alpha value is -0.460. The molecule has 0 aromatic rings. The van der Waals surface area contributed by atoms with Crippen LogP contribution in [0, 0.1) is 11.8 Å². The van der Waals surface area contributed by atoms with Crippen LogP contribution in [0.5, 0.6) is 0 Å². The van der Waals surface area contributed by atoms with Crippen molar-refractivity contribution in [2.24, 2.45) is 17.6 Å². The molecule has 1 nitrogen and oxygen atoms in total. The van der Waals surface area contributed by atoms with E-state index < -0.39 is 0 Å². The molecule has 1 unspecified atom stereocenters. The van der Waals surface area contributed by atoms with E-state index in [4.69, 9.17) is 5.73 Å². The third-order valence-electron chi connectivity index (χ3n) is 1.72. The number of hydrogen-bond acceptors (Lipinski definition) is 1. The molecular weight excluding hydrogens is 134 g/mol. The predicted molar refractivity (Wildman–Crippen MR) is 51.2 cm³/mol. The van der Waals surface area contributed by atoms with E-state index in [2.05, 4.69) is 26.8 Å². The summed E-state index contributed by atoms with van der Waals surface area (Å²) >= 11 is 0. The third kappa shape index (κ3) is 7.44. The normalized spacial score (nSPS) is 15.5. The fourth-order valence-electron chi connectivity index (χ4n) is 1.29. The maximum atomic E-state index is 5.53. The summed E-state index contributed by atoms with van der Waals surface area (Å²) in [4.78, 5) is 0. The third-order valence-corrected chi connectivity index (χ3v) is 1.72. The van der Waals surface area contributed by atoms with Gasteiger partial charge >= 0.3 is 0 Å². The van der Waals surface area contributed by atoms with Crippen molar-refractivity contribution in [3.8, 4) is 0 Å². The van der Waals surface area contributed by atoms with Crippen molar-refractivity contribution in [3.05, 3.63) is 11.8 Å². The topological polar surface area (TPSA) is 26.0 Å². The van der Waals surface area contributed by atoms with Gasteiger partial charge in [0.1, 0.15) is 0 Å². The zero-order chi connectivity index (χ0) is 8.85. The molecule has 0 radical (unpaired) electrons. The molecule has 0 aliphatic heterocycles. The highest BCUT2D eigenvalue weighted by atomic mass is 14.5. The minimum absolute atomic E-state index is 0.772. The molecule has 66 valence electrons. The first-order valence-electron chi connectivity index (χ1n) is 4.44. The number of allylic oxidation sites excluding steroid dienone is 2. The molecule has 0 saturated carbocycles. The zero-order valence-electron chi connectivity index (χ0n) is 8.22. The van der Waals surface area contributed by atoms with Crippen molar-refractivity contribution in [1.82, 2.24) is 0 Å². The van der Waals surface area contributed by atoms with Crippen LogP contribution in [0.4, 0.5) is 0 Å². The molecule has 0 spiro atoms. The zero-order valence-corrected chi connectivity index (χ0v) is 8.22. The summed E-state index contributed by atoms with van der Waals surface area (Å²) in [5.41, 5.74) is 6.48. The minimum atomic E-state index is 0.772. The van der Waals surface area contributed by atoms with Gasteiger partial charge in [0, 0.05) is 5.70 Å². The van der Waals surface area contributed by atoms with Gasteiger partial charge in [-0.2, -0.15) is 0 Å². The van der Waals surface area contributed by atoms with Crippen LogP contribution in [0.1, 0.15) is 40.5 Å². The van der Waals surface area contributed by atoms with Crippen LogP contribution in [0.15, 0.2) is 11.8 Å². The highest BCUT2D eigenvalue weighted by Gasteiger charge is 2.02. The van der Waals surface area contributed by atoms with Gasteiger partial charge in [-0.05, 0) is 31.6 Å². The Morgan fingerprint density at radius 3 is 2.27 bits per heavy atom. The van der Waals surface area contributed by atoms with E-state index in [0.29, 0.717) is 0 Å². The van der Waals surface area contributed by atoms with Gasteiger partial charge in [-0.1, -0.05) is 26.8 Å². The fourth-order valence-corrected chi connectivity index (χ4v) is 1.29. The smallest absolute Gasteiger partial charge is 0.000843 e. The molecular formula is C10H21N. The summed E-state index contributed by atoms with van der Waals surface area (Å²) in [5, 5.41) is 0. The highest BCUT2D eigenvalue weighted by molar-refractivity contribution is 4.91. The molecule has 0 saturated heterocycles. The van der Waals surface area contributed by atoms with Crippen LogP contribution in [0.2, 0.25) is 0 Å². The van der Waals surface area contributed by atoms with Crippen molar-refractivity contribution < 1.29 is 0 Å². The Kier molecular flexibility index (Phi) is 5.01. The second-order valence-corrected chi connectivity index (χ2v) is 3.92. The largest absolute Gasteiger partial charge is 0.403 e. The molecule has 0 aromatic carbocycles. The standard InChI is InChI=1S/C10H21N/c1-8(2)7-9(3)5-6-10(4)11/h6,8-9H,5,7,11H2,1-4H3/b10-6+. The molecule has 0 aromatic heterocycles. The fraction of sp³-hybridized carbons (Fsp3) is 0.800. The van der Waals surface area contributed by atoms with E-state index in [0.717, 1.165) is 24.0 Å². The summed E-state index contributed by atoms with van der Waals surface area (Å²) in [6.45, 7) is 8.74. The van der Waals surface area contributed by atoms with Crippen molar-refractivity contribution in [1.29, 1.82) is 0 Å². The Labute approximate surface area is 70.7 Å². The monoisotopic (exact) mass is 155 g/mol. The van der Waals surface area contributed by atoms with Gasteiger partial charge in [-0.3, -0.25) is 0 Å². The highest BCUT2D eigenvalue weighted by Crippen LogP contribution is 2.14. The second-order valence-electron chi connectivity index (χ2n) is 3.92. The molecule has 0 amide bonds. The maximum absolute atomic E-state index is 5.53. The van der Waals surface area contributed by atoms with Gasteiger partial charge < -0.3 is 5.73 Å². The van der Waals surface area contributed by atoms with Gasteiger partial charge in [0.15, 0.2) is 0 Å². The van der Waals surface area contributed by atoms with Crippen molar-refractivity contribution in [2.75, 3.05) is 0 Å².